The summed E-state index contributed by atoms with van der Waals surface area (Å²) in [6.07, 6.45) is 4.06. The minimum Gasteiger partial charge on any atom is -0.329 e. The van der Waals surface area contributed by atoms with E-state index in [2.05, 4.69) is 47.3 Å². The van der Waals surface area contributed by atoms with Crippen LogP contribution in [0.25, 0.3) is 0 Å². The van der Waals surface area contributed by atoms with Gasteiger partial charge in [-0.15, -0.1) is 0 Å². The molecule has 1 aromatic heterocycles. The number of likely N-dealkylation sites (N-methyl/N-ethyl adjacent to an activating group) is 1. The van der Waals surface area contributed by atoms with Gasteiger partial charge in [0.2, 0.25) is 0 Å². The predicted molar refractivity (Wildman–Crippen MR) is 83.4 cm³/mol. The van der Waals surface area contributed by atoms with E-state index in [1.165, 1.54) is 5.56 Å². The first kappa shape index (κ1) is 14.7. The van der Waals surface area contributed by atoms with Crippen LogP contribution >= 0.6 is 0 Å². The van der Waals surface area contributed by atoms with Gasteiger partial charge in [-0.05, 0) is 44.1 Å². The van der Waals surface area contributed by atoms with Crippen LogP contribution in [0.5, 0.6) is 0 Å². The Hall–Kier alpha value is -1.71. The third-order valence-corrected chi connectivity index (χ3v) is 3.60. The lowest BCUT2D eigenvalue weighted by Crippen LogP contribution is -2.32. The second-order valence-electron chi connectivity index (χ2n) is 5.08. The Bertz CT molecular complexity index is 484. The molecule has 1 atom stereocenters. The number of hydrogen-bond donors (Lipinski definition) is 1. The van der Waals surface area contributed by atoms with Gasteiger partial charge in [0.1, 0.15) is 0 Å². The van der Waals surface area contributed by atoms with Gasteiger partial charge in [0, 0.05) is 12.7 Å². The largest absolute Gasteiger partial charge is 0.329 e. The van der Waals surface area contributed by atoms with Crippen molar-refractivity contribution in [3.8, 4) is 0 Å². The van der Waals surface area contributed by atoms with Gasteiger partial charge >= 0.3 is 0 Å². The molecule has 3 nitrogen and oxygen atoms in total. The summed E-state index contributed by atoms with van der Waals surface area (Å²) >= 11 is 0. The summed E-state index contributed by atoms with van der Waals surface area (Å²) in [6, 6.07) is 16.8. The molecule has 2 aromatic rings. The van der Waals surface area contributed by atoms with Crippen LogP contribution in [-0.2, 0) is 6.42 Å². The van der Waals surface area contributed by atoms with E-state index in [0.29, 0.717) is 6.54 Å². The molecule has 0 aliphatic heterocycles. The van der Waals surface area contributed by atoms with Crippen LogP contribution in [0.3, 0.4) is 0 Å². The number of aryl methyl sites for hydroxylation is 1. The van der Waals surface area contributed by atoms with E-state index < -0.39 is 0 Å². The second-order valence-corrected chi connectivity index (χ2v) is 5.08. The Morgan fingerprint density at radius 3 is 2.50 bits per heavy atom. The molecule has 106 valence electrons. The molecule has 0 fully saturated rings. The SMILES string of the molecule is CN(CCCc1ccccc1)C(CN)c1ccccn1. The van der Waals surface area contributed by atoms with E-state index in [1.807, 2.05) is 24.4 Å². The number of rotatable bonds is 7. The smallest absolute Gasteiger partial charge is 0.0642 e. The van der Waals surface area contributed by atoms with Crippen LogP contribution in [0, 0.1) is 0 Å². The molecule has 2 N–H and O–H groups in total. The zero-order valence-corrected chi connectivity index (χ0v) is 12.1. The summed E-state index contributed by atoms with van der Waals surface area (Å²) < 4.78 is 0. The number of pyridine rings is 1. The molecule has 0 aliphatic rings. The third-order valence-electron chi connectivity index (χ3n) is 3.60. The van der Waals surface area contributed by atoms with Gasteiger partial charge in [0.25, 0.3) is 0 Å². The monoisotopic (exact) mass is 269 g/mol. The lowest BCUT2D eigenvalue weighted by molar-refractivity contribution is 0.243. The fourth-order valence-electron chi connectivity index (χ4n) is 2.43. The van der Waals surface area contributed by atoms with Crippen LogP contribution < -0.4 is 5.73 Å². The fraction of sp³-hybridized carbons (Fsp3) is 0.353. The number of hydrogen-bond acceptors (Lipinski definition) is 3. The van der Waals surface area contributed by atoms with E-state index in [4.69, 9.17) is 5.73 Å². The van der Waals surface area contributed by atoms with E-state index >= 15 is 0 Å². The summed E-state index contributed by atoms with van der Waals surface area (Å²) in [5.41, 5.74) is 8.35. The molecule has 0 saturated carbocycles. The topological polar surface area (TPSA) is 42.1 Å². The standard InChI is InChI=1S/C17H23N3/c1-20(13-7-10-15-8-3-2-4-9-15)17(14-18)16-11-5-6-12-19-16/h2-6,8-9,11-12,17H,7,10,13-14,18H2,1H3. The molecule has 2 rings (SSSR count). The molecule has 20 heavy (non-hydrogen) atoms. The maximum Gasteiger partial charge on any atom is 0.0642 e. The summed E-state index contributed by atoms with van der Waals surface area (Å²) in [7, 11) is 2.12. The summed E-state index contributed by atoms with van der Waals surface area (Å²) in [4.78, 5) is 6.71. The average Bonchev–Trinajstić information content (AvgIpc) is 2.50. The lowest BCUT2D eigenvalue weighted by Gasteiger charge is -2.26. The lowest BCUT2D eigenvalue weighted by atomic mass is 10.1. The van der Waals surface area contributed by atoms with E-state index in [-0.39, 0.29) is 6.04 Å². The number of aromatic nitrogens is 1. The first-order chi connectivity index (χ1) is 9.81. The Kier molecular flexibility index (Phi) is 5.71. The van der Waals surface area contributed by atoms with Gasteiger partial charge < -0.3 is 5.73 Å². The normalized spacial score (nSPS) is 12.6. The Morgan fingerprint density at radius 2 is 1.85 bits per heavy atom. The van der Waals surface area contributed by atoms with Crippen molar-refractivity contribution in [1.29, 1.82) is 0 Å². The van der Waals surface area contributed by atoms with E-state index in [9.17, 15) is 0 Å². The van der Waals surface area contributed by atoms with Crippen molar-refractivity contribution >= 4 is 0 Å². The highest BCUT2D eigenvalue weighted by Crippen LogP contribution is 2.16. The van der Waals surface area contributed by atoms with Gasteiger partial charge in [-0.25, -0.2) is 0 Å². The van der Waals surface area contributed by atoms with Gasteiger partial charge in [-0.3, -0.25) is 9.88 Å². The molecule has 0 spiro atoms. The minimum atomic E-state index is 0.201. The average molecular weight is 269 g/mol. The molecule has 0 radical (unpaired) electrons. The Morgan fingerprint density at radius 1 is 1.10 bits per heavy atom. The van der Waals surface area contributed by atoms with Crippen LogP contribution in [0.15, 0.2) is 54.7 Å². The summed E-state index contributed by atoms with van der Waals surface area (Å²) in [5.74, 6) is 0. The van der Waals surface area contributed by atoms with Crippen molar-refractivity contribution in [2.45, 2.75) is 18.9 Å². The van der Waals surface area contributed by atoms with Gasteiger partial charge in [-0.1, -0.05) is 36.4 Å². The highest BCUT2D eigenvalue weighted by molar-refractivity contribution is 5.14. The first-order valence-electron chi connectivity index (χ1n) is 7.16. The number of nitrogens with two attached hydrogens (primary N) is 1. The van der Waals surface area contributed by atoms with Crippen molar-refractivity contribution in [2.24, 2.45) is 5.73 Å². The van der Waals surface area contributed by atoms with Crippen molar-refractivity contribution < 1.29 is 0 Å². The molecule has 1 aromatic carbocycles. The molecule has 0 amide bonds. The highest BCUT2D eigenvalue weighted by atomic mass is 15.1. The van der Waals surface area contributed by atoms with Gasteiger partial charge in [0.15, 0.2) is 0 Å². The van der Waals surface area contributed by atoms with Crippen LogP contribution in [0.4, 0.5) is 0 Å². The molecule has 0 bridgehead atoms. The summed E-state index contributed by atoms with van der Waals surface area (Å²) in [5, 5.41) is 0. The second kappa shape index (κ2) is 7.78. The first-order valence-corrected chi connectivity index (χ1v) is 7.16. The van der Waals surface area contributed by atoms with E-state index in [0.717, 1.165) is 25.1 Å². The number of benzene rings is 1. The maximum absolute atomic E-state index is 5.91. The molecular weight excluding hydrogens is 246 g/mol. The highest BCUT2D eigenvalue weighted by Gasteiger charge is 2.15. The maximum atomic E-state index is 5.91. The Labute approximate surface area is 121 Å². The van der Waals surface area contributed by atoms with Crippen molar-refractivity contribution in [2.75, 3.05) is 20.1 Å². The van der Waals surface area contributed by atoms with E-state index in [1.54, 1.807) is 0 Å². The van der Waals surface area contributed by atoms with Crippen LogP contribution in [-0.4, -0.2) is 30.0 Å². The summed E-state index contributed by atoms with van der Waals surface area (Å²) in [6.45, 7) is 1.62. The molecule has 0 aliphatic carbocycles. The minimum absolute atomic E-state index is 0.201. The molecule has 3 heteroatoms. The zero-order valence-electron chi connectivity index (χ0n) is 12.1. The van der Waals surface area contributed by atoms with Crippen molar-refractivity contribution in [1.82, 2.24) is 9.88 Å². The third kappa shape index (κ3) is 4.15. The van der Waals surface area contributed by atoms with Gasteiger partial charge in [0.05, 0.1) is 11.7 Å². The molecule has 1 heterocycles. The Balaban J connectivity index is 1.85. The quantitative estimate of drug-likeness (QED) is 0.840. The molecule has 0 saturated heterocycles. The van der Waals surface area contributed by atoms with Crippen LogP contribution in [0.1, 0.15) is 23.7 Å². The fourth-order valence-corrected chi connectivity index (χ4v) is 2.43. The molecular formula is C17H23N3. The van der Waals surface area contributed by atoms with Crippen molar-refractivity contribution in [3.63, 3.8) is 0 Å². The zero-order chi connectivity index (χ0) is 14.2. The van der Waals surface area contributed by atoms with Crippen LogP contribution in [0.2, 0.25) is 0 Å². The van der Waals surface area contributed by atoms with Crippen molar-refractivity contribution in [3.05, 3.63) is 66.0 Å². The molecule has 1 unspecified atom stereocenters. The van der Waals surface area contributed by atoms with Gasteiger partial charge in [-0.2, -0.15) is 0 Å². The predicted octanol–water partition coefficient (Wildman–Crippen LogP) is 2.65. The number of nitrogens with zero attached hydrogens (tertiary/aromatic N) is 2.